The molecule has 0 saturated carbocycles. The number of halogens is 1. The summed E-state index contributed by atoms with van der Waals surface area (Å²) in [6.45, 7) is 6.67. The van der Waals surface area contributed by atoms with Crippen molar-refractivity contribution in [1.29, 1.82) is 0 Å². The minimum Gasteiger partial charge on any atom is -0.352 e. The number of carbonyl (C=O) groups excluding carboxylic acids is 1. The van der Waals surface area contributed by atoms with Gasteiger partial charge in [-0.2, -0.15) is 0 Å². The summed E-state index contributed by atoms with van der Waals surface area (Å²) in [6.07, 6.45) is -0.480. The Bertz CT molecular complexity index is 386. The summed E-state index contributed by atoms with van der Waals surface area (Å²) in [4.78, 5) is 12.3. The summed E-state index contributed by atoms with van der Waals surface area (Å²) in [5, 5.41) is 0. The summed E-state index contributed by atoms with van der Waals surface area (Å²) in [5.41, 5.74) is 0.668. The minimum atomic E-state index is -0.480. The van der Waals surface area contributed by atoms with E-state index in [-0.39, 0.29) is 11.7 Å². The molecule has 0 aliphatic heterocycles. The van der Waals surface area contributed by atoms with Crippen molar-refractivity contribution in [3.8, 4) is 0 Å². The molecule has 100 valence electrons. The van der Waals surface area contributed by atoms with Crippen LogP contribution in [0.25, 0.3) is 0 Å². The van der Waals surface area contributed by atoms with Crippen LogP contribution < -0.4 is 0 Å². The second kappa shape index (κ2) is 7.67. The largest absolute Gasteiger partial charge is 0.352 e. The van der Waals surface area contributed by atoms with E-state index < -0.39 is 6.29 Å². The zero-order valence-corrected chi connectivity index (χ0v) is 12.6. The Hall–Kier alpha value is -0.710. The van der Waals surface area contributed by atoms with Crippen LogP contribution >= 0.6 is 15.9 Å². The van der Waals surface area contributed by atoms with E-state index in [0.29, 0.717) is 18.8 Å². The van der Waals surface area contributed by atoms with Gasteiger partial charge in [0, 0.05) is 23.2 Å². The van der Waals surface area contributed by atoms with Crippen LogP contribution in [0.1, 0.15) is 31.1 Å². The average Bonchev–Trinajstić information content (AvgIpc) is 2.37. The number of hydrogen-bond donors (Lipinski definition) is 0. The maximum absolute atomic E-state index is 12.3. The topological polar surface area (TPSA) is 35.5 Å². The summed E-state index contributed by atoms with van der Waals surface area (Å²) in [5.74, 6) is -0.289. The van der Waals surface area contributed by atoms with E-state index >= 15 is 0 Å². The lowest BCUT2D eigenvalue weighted by Crippen LogP contribution is -2.31. The van der Waals surface area contributed by atoms with Gasteiger partial charge in [-0.1, -0.05) is 35.0 Å². The first-order chi connectivity index (χ1) is 8.60. The van der Waals surface area contributed by atoms with Crippen LogP contribution in [-0.2, 0) is 9.47 Å². The SMILES string of the molecule is CCOC(OCC)C(C)C(=O)c1cccc(Br)c1. The first-order valence-electron chi connectivity index (χ1n) is 6.13. The molecule has 0 aliphatic rings. The van der Waals surface area contributed by atoms with Gasteiger partial charge in [0.25, 0.3) is 0 Å². The van der Waals surface area contributed by atoms with Gasteiger partial charge in [0.05, 0.1) is 5.92 Å². The Morgan fingerprint density at radius 3 is 2.39 bits per heavy atom. The lowest BCUT2D eigenvalue weighted by atomic mass is 9.99. The molecule has 0 bridgehead atoms. The molecule has 1 aromatic carbocycles. The molecule has 1 unspecified atom stereocenters. The molecule has 0 fully saturated rings. The highest BCUT2D eigenvalue weighted by Crippen LogP contribution is 2.19. The summed E-state index contributed by atoms with van der Waals surface area (Å²) in [6, 6.07) is 7.36. The number of hydrogen-bond acceptors (Lipinski definition) is 3. The van der Waals surface area contributed by atoms with Gasteiger partial charge in [0.2, 0.25) is 0 Å². The van der Waals surface area contributed by atoms with E-state index in [4.69, 9.17) is 9.47 Å². The van der Waals surface area contributed by atoms with Crippen molar-refractivity contribution in [2.45, 2.75) is 27.1 Å². The van der Waals surface area contributed by atoms with Gasteiger partial charge in [0.15, 0.2) is 12.1 Å². The van der Waals surface area contributed by atoms with Crippen LogP contribution in [0.3, 0.4) is 0 Å². The number of benzene rings is 1. The maximum Gasteiger partial charge on any atom is 0.170 e. The molecule has 0 aromatic heterocycles. The Morgan fingerprint density at radius 1 is 1.28 bits per heavy atom. The molecule has 4 heteroatoms. The van der Waals surface area contributed by atoms with E-state index in [9.17, 15) is 4.79 Å². The third-order valence-electron chi connectivity index (χ3n) is 2.59. The summed E-state index contributed by atoms with van der Waals surface area (Å²) in [7, 11) is 0. The fraction of sp³-hybridized carbons (Fsp3) is 0.500. The fourth-order valence-corrected chi connectivity index (χ4v) is 2.09. The lowest BCUT2D eigenvalue weighted by Gasteiger charge is -2.22. The van der Waals surface area contributed by atoms with Gasteiger partial charge in [-0.05, 0) is 26.0 Å². The fourth-order valence-electron chi connectivity index (χ4n) is 1.69. The van der Waals surface area contributed by atoms with Gasteiger partial charge in [-0.3, -0.25) is 4.79 Å². The van der Waals surface area contributed by atoms with Gasteiger partial charge in [-0.15, -0.1) is 0 Å². The van der Waals surface area contributed by atoms with Crippen molar-refractivity contribution in [1.82, 2.24) is 0 Å². The van der Waals surface area contributed by atoms with E-state index in [1.54, 1.807) is 6.07 Å². The van der Waals surface area contributed by atoms with Crippen LogP contribution in [0.2, 0.25) is 0 Å². The zero-order valence-electron chi connectivity index (χ0n) is 11.0. The normalized spacial score (nSPS) is 12.7. The third kappa shape index (κ3) is 4.19. The van der Waals surface area contributed by atoms with E-state index in [1.807, 2.05) is 39.0 Å². The van der Waals surface area contributed by atoms with E-state index in [2.05, 4.69) is 15.9 Å². The number of ketones is 1. The van der Waals surface area contributed by atoms with E-state index in [0.717, 1.165) is 4.47 Å². The van der Waals surface area contributed by atoms with Gasteiger partial charge >= 0.3 is 0 Å². The Balaban J connectivity index is 2.81. The molecule has 0 aliphatic carbocycles. The molecule has 1 rings (SSSR count). The molecule has 0 saturated heterocycles. The molecule has 18 heavy (non-hydrogen) atoms. The summed E-state index contributed by atoms with van der Waals surface area (Å²) >= 11 is 3.36. The lowest BCUT2D eigenvalue weighted by molar-refractivity contribution is -0.154. The molecule has 1 atom stereocenters. The van der Waals surface area contributed by atoms with Crippen molar-refractivity contribution in [2.24, 2.45) is 5.92 Å². The Kier molecular flexibility index (Phi) is 6.54. The van der Waals surface area contributed by atoms with Crippen molar-refractivity contribution in [2.75, 3.05) is 13.2 Å². The molecule has 3 nitrogen and oxygen atoms in total. The van der Waals surface area contributed by atoms with Crippen molar-refractivity contribution in [3.05, 3.63) is 34.3 Å². The Morgan fingerprint density at radius 2 is 1.89 bits per heavy atom. The number of carbonyl (C=O) groups is 1. The van der Waals surface area contributed by atoms with Crippen LogP contribution in [0.15, 0.2) is 28.7 Å². The standard InChI is InChI=1S/C14H19BrO3/c1-4-17-14(18-5-2)10(3)13(16)11-7-6-8-12(15)9-11/h6-10,14H,4-5H2,1-3H3. The van der Waals surface area contributed by atoms with Crippen molar-refractivity contribution in [3.63, 3.8) is 0 Å². The van der Waals surface area contributed by atoms with Gasteiger partial charge in [0.1, 0.15) is 0 Å². The monoisotopic (exact) mass is 314 g/mol. The minimum absolute atomic E-state index is 0.0307. The highest BCUT2D eigenvalue weighted by Gasteiger charge is 2.25. The third-order valence-corrected chi connectivity index (χ3v) is 3.09. The van der Waals surface area contributed by atoms with Crippen LogP contribution in [0.5, 0.6) is 0 Å². The van der Waals surface area contributed by atoms with Gasteiger partial charge in [-0.25, -0.2) is 0 Å². The van der Waals surface area contributed by atoms with Crippen molar-refractivity contribution >= 4 is 21.7 Å². The Labute approximate surface area is 117 Å². The molecule has 0 radical (unpaired) electrons. The quantitative estimate of drug-likeness (QED) is 0.569. The predicted molar refractivity (Wildman–Crippen MR) is 74.7 cm³/mol. The molecule has 0 heterocycles. The second-order valence-electron chi connectivity index (χ2n) is 3.94. The first kappa shape index (κ1) is 15.3. The molecule has 0 spiro atoms. The average molecular weight is 315 g/mol. The molecular formula is C14H19BrO3. The zero-order chi connectivity index (χ0) is 13.5. The molecule has 1 aromatic rings. The number of rotatable bonds is 7. The maximum atomic E-state index is 12.3. The highest BCUT2D eigenvalue weighted by molar-refractivity contribution is 9.10. The predicted octanol–water partition coefficient (Wildman–Crippen LogP) is 3.67. The van der Waals surface area contributed by atoms with Crippen molar-refractivity contribution < 1.29 is 14.3 Å². The number of Topliss-reactive ketones (excluding diaryl/α,β-unsaturated/α-hetero) is 1. The van der Waals surface area contributed by atoms with Crippen LogP contribution in [0.4, 0.5) is 0 Å². The van der Waals surface area contributed by atoms with Crippen LogP contribution in [0, 0.1) is 5.92 Å². The van der Waals surface area contributed by atoms with E-state index in [1.165, 1.54) is 0 Å². The first-order valence-corrected chi connectivity index (χ1v) is 6.92. The van der Waals surface area contributed by atoms with Gasteiger partial charge < -0.3 is 9.47 Å². The molecule has 0 amide bonds. The summed E-state index contributed by atoms with van der Waals surface area (Å²) < 4.78 is 11.8. The van der Waals surface area contributed by atoms with Crippen LogP contribution in [-0.4, -0.2) is 25.3 Å². The molecule has 0 N–H and O–H groups in total. The second-order valence-corrected chi connectivity index (χ2v) is 4.86. The molecular weight excluding hydrogens is 296 g/mol. The smallest absolute Gasteiger partial charge is 0.170 e. The number of ether oxygens (including phenoxy) is 2. The highest BCUT2D eigenvalue weighted by atomic mass is 79.9.